The van der Waals surface area contributed by atoms with Crippen molar-refractivity contribution < 1.29 is 19.4 Å². The van der Waals surface area contributed by atoms with E-state index in [1.807, 2.05) is 6.07 Å². The summed E-state index contributed by atoms with van der Waals surface area (Å²) in [6.07, 6.45) is 2.57. The van der Waals surface area contributed by atoms with Crippen molar-refractivity contribution in [2.75, 3.05) is 19.8 Å². The van der Waals surface area contributed by atoms with Crippen molar-refractivity contribution in [1.29, 1.82) is 0 Å². The first-order valence-electron chi connectivity index (χ1n) is 6.88. The van der Waals surface area contributed by atoms with Gasteiger partial charge in [0.25, 0.3) is 0 Å². The molecule has 0 spiro atoms. The highest BCUT2D eigenvalue weighted by atomic mass is 16.5. The molecule has 2 N–H and O–H groups in total. The number of aliphatic carboxylic acids is 1. The Morgan fingerprint density at radius 3 is 2.67 bits per heavy atom. The molecule has 1 aromatic carbocycles. The molecule has 1 unspecified atom stereocenters. The van der Waals surface area contributed by atoms with Crippen molar-refractivity contribution in [3.8, 4) is 0 Å². The van der Waals surface area contributed by atoms with E-state index >= 15 is 0 Å². The molecule has 0 bridgehead atoms. The molecule has 0 aliphatic rings. The maximum absolute atomic E-state index is 11.7. The smallest absolute Gasteiger partial charge is 0.312 e. The third-order valence-corrected chi connectivity index (χ3v) is 2.93. The van der Waals surface area contributed by atoms with E-state index < -0.39 is 11.9 Å². The highest BCUT2D eigenvalue weighted by Gasteiger charge is 2.20. The Bertz CT molecular complexity index is 459. The van der Waals surface area contributed by atoms with Crippen molar-refractivity contribution >= 4 is 11.9 Å². The molecule has 5 heteroatoms. The molecule has 21 heavy (non-hydrogen) atoms. The van der Waals surface area contributed by atoms with Crippen LogP contribution in [-0.4, -0.2) is 36.7 Å². The minimum atomic E-state index is -0.948. The van der Waals surface area contributed by atoms with E-state index in [1.54, 1.807) is 30.3 Å². The predicted molar refractivity (Wildman–Crippen MR) is 80.1 cm³/mol. The van der Waals surface area contributed by atoms with Crippen LogP contribution in [0.1, 0.15) is 24.3 Å². The largest absolute Gasteiger partial charge is 0.481 e. The van der Waals surface area contributed by atoms with Crippen LogP contribution >= 0.6 is 0 Å². The number of carbonyl (C=O) groups is 2. The number of benzene rings is 1. The number of hydrogen-bond donors (Lipinski definition) is 2. The van der Waals surface area contributed by atoms with Crippen LogP contribution in [0.25, 0.3) is 0 Å². The lowest BCUT2D eigenvalue weighted by atomic mass is 9.99. The number of carboxylic acids is 1. The average Bonchev–Trinajstić information content (AvgIpc) is 2.48. The van der Waals surface area contributed by atoms with Gasteiger partial charge in [-0.3, -0.25) is 9.59 Å². The molecule has 114 valence electrons. The molecule has 0 aromatic heterocycles. The van der Waals surface area contributed by atoms with E-state index in [0.29, 0.717) is 31.6 Å². The molecule has 0 aliphatic carbocycles. The van der Waals surface area contributed by atoms with Crippen LogP contribution in [0.5, 0.6) is 0 Å². The highest BCUT2D eigenvalue weighted by molar-refractivity contribution is 5.79. The molecule has 0 aliphatic heterocycles. The molecular formula is C16H21NO4. The molecule has 1 atom stereocenters. The molecule has 0 heterocycles. The summed E-state index contributed by atoms with van der Waals surface area (Å²) >= 11 is 0. The van der Waals surface area contributed by atoms with Gasteiger partial charge in [-0.15, -0.1) is 6.58 Å². The number of nitrogens with one attached hydrogen (secondary N) is 1. The zero-order chi connectivity index (χ0) is 15.5. The van der Waals surface area contributed by atoms with Gasteiger partial charge in [0.2, 0.25) is 5.91 Å². The Kier molecular flexibility index (Phi) is 7.82. The minimum Gasteiger partial charge on any atom is -0.481 e. The van der Waals surface area contributed by atoms with Crippen molar-refractivity contribution in [3.63, 3.8) is 0 Å². The van der Waals surface area contributed by atoms with Gasteiger partial charge in [-0.2, -0.15) is 0 Å². The summed E-state index contributed by atoms with van der Waals surface area (Å²) < 4.78 is 5.17. The average molecular weight is 291 g/mol. The normalized spacial score (nSPS) is 11.6. The predicted octanol–water partition coefficient (Wildman–Crippen LogP) is 1.95. The fourth-order valence-electron chi connectivity index (χ4n) is 1.84. The maximum atomic E-state index is 11.7. The SMILES string of the molecule is C=CCOCCCC(=O)NCC(C(=O)O)c1ccccc1. The molecular weight excluding hydrogens is 270 g/mol. The van der Waals surface area contributed by atoms with Crippen molar-refractivity contribution in [3.05, 3.63) is 48.6 Å². The van der Waals surface area contributed by atoms with Gasteiger partial charge in [-0.1, -0.05) is 36.4 Å². The van der Waals surface area contributed by atoms with Crippen LogP contribution in [0, 0.1) is 0 Å². The van der Waals surface area contributed by atoms with Gasteiger partial charge < -0.3 is 15.2 Å². The maximum Gasteiger partial charge on any atom is 0.312 e. The topological polar surface area (TPSA) is 75.6 Å². The zero-order valence-corrected chi connectivity index (χ0v) is 12.0. The zero-order valence-electron chi connectivity index (χ0n) is 12.0. The first kappa shape index (κ1) is 16.9. The fraction of sp³-hybridized carbons (Fsp3) is 0.375. The van der Waals surface area contributed by atoms with Crippen LogP contribution in [0.4, 0.5) is 0 Å². The Balaban J connectivity index is 2.35. The van der Waals surface area contributed by atoms with Gasteiger partial charge in [0.1, 0.15) is 0 Å². The second kappa shape index (κ2) is 9.72. The van der Waals surface area contributed by atoms with E-state index in [9.17, 15) is 14.7 Å². The van der Waals surface area contributed by atoms with Crippen molar-refractivity contribution in [1.82, 2.24) is 5.32 Å². The number of ether oxygens (including phenoxy) is 1. The van der Waals surface area contributed by atoms with Crippen LogP contribution in [0.15, 0.2) is 43.0 Å². The van der Waals surface area contributed by atoms with Crippen LogP contribution < -0.4 is 5.32 Å². The molecule has 5 nitrogen and oxygen atoms in total. The summed E-state index contributed by atoms with van der Waals surface area (Å²) in [4.78, 5) is 22.9. The van der Waals surface area contributed by atoms with Crippen molar-refractivity contribution in [2.45, 2.75) is 18.8 Å². The molecule has 0 saturated carbocycles. The van der Waals surface area contributed by atoms with Gasteiger partial charge in [0.15, 0.2) is 0 Å². The van der Waals surface area contributed by atoms with E-state index in [0.717, 1.165) is 0 Å². The summed E-state index contributed by atoms with van der Waals surface area (Å²) in [5, 5.41) is 11.9. The second-order valence-electron chi connectivity index (χ2n) is 4.57. The Morgan fingerprint density at radius 1 is 1.33 bits per heavy atom. The number of rotatable bonds is 10. The second-order valence-corrected chi connectivity index (χ2v) is 4.57. The van der Waals surface area contributed by atoms with Crippen LogP contribution in [0.2, 0.25) is 0 Å². The summed E-state index contributed by atoms with van der Waals surface area (Å²) in [6.45, 7) is 4.57. The molecule has 0 radical (unpaired) electrons. The van der Waals surface area contributed by atoms with Gasteiger partial charge in [0, 0.05) is 19.6 Å². The third kappa shape index (κ3) is 6.72. The van der Waals surface area contributed by atoms with E-state index in [4.69, 9.17) is 4.74 Å². The molecule has 1 amide bonds. The molecule has 0 saturated heterocycles. The fourth-order valence-corrected chi connectivity index (χ4v) is 1.84. The first-order valence-corrected chi connectivity index (χ1v) is 6.88. The van der Waals surface area contributed by atoms with Gasteiger partial charge >= 0.3 is 5.97 Å². The van der Waals surface area contributed by atoms with Crippen LogP contribution in [0.3, 0.4) is 0 Å². The van der Waals surface area contributed by atoms with Crippen LogP contribution in [-0.2, 0) is 14.3 Å². The van der Waals surface area contributed by atoms with Gasteiger partial charge in [0.05, 0.1) is 12.5 Å². The number of hydrogen-bond acceptors (Lipinski definition) is 3. The Labute approximate surface area is 124 Å². The Hall–Kier alpha value is -2.14. The van der Waals surface area contributed by atoms with Gasteiger partial charge in [-0.05, 0) is 12.0 Å². The summed E-state index contributed by atoms with van der Waals surface area (Å²) in [5.74, 6) is -1.85. The number of carbonyl (C=O) groups excluding carboxylic acids is 1. The number of carboxylic acid groups (broad SMARTS) is 1. The first-order chi connectivity index (χ1) is 10.1. The molecule has 1 aromatic rings. The van der Waals surface area contributed by atoms with E-state index in [2.05, 4.69) is 11.9 Å². The molecule has 0 fully saturated rings. The van der Waals surface area contributed by atoms with Crippen molar-refractivity contribution in [2.24, 2.45) is 0 Å². The van der Waals surface area contributed by atoms with Gasteiger partial charge in [-0.25, -0.2) is 0 Å². The quantitative estimate of drug-likeness (QED) is 0.510. The number of amides is 1. The Morgan fingerprint density at radius 2 is 2.05 bits per heavy atom. The monoisotopic (exact) mass is 291 g/mol. The lowest BCUT2D eigenvalue weighted by Crippen LogP contribution is -2.31. The highest BCUT2D eigenvalue weighted by Crippen LogP contribution is 2.14. The summed E-state index contributed by atoms with van der Waals surface area (Å²) in [7, 11) is 0. The summed E-state index contributed by atoms with van der Waals surface area (Å²) in [5.41, 5.74) is 0.680. The van der Waals surface area contributed by atoms with E-state index in [1.165, 1.54) is 0 Å². The lowest BCUT2D eigenvalue weighted by molar-refractivity contribution is -0.138. The molecule has 1 rings (SSSR count). The lowest BCUT2D eigenvalue weighted by Gasteiger charge is -2.13. The third-order valence-electron chi connectivity index (χ3n) is 2.93. The minimum absolute atomic E-state index is 0.0890. The van der Waals surface area contributed by atoms with E-state index in [-0.39, 0.29) is 12.5 Å². The standard InChI is InChI=1S/C16H21NO4/c1-2-10-21-11-6-9-15(18)17-12-14(16(19)20)13-7-4-3-5-8-13/h2-5,7-8,14H,1,6,9-12H2,(H,17,18)(H,19,20). The summed E-state index contributed by atoms with van der Waals surface area (Å²) in [6, 6.07) is 8.88.